The Bertz CT molecular complexity index is 4390. The molecule has 0 bridgehead atoms. The number of carbonyl (C=O) groups is 5. The van der Waals surface area contributed by atoms with E-state index in [1.165, 1.54) is 52.1 Å². The number of esters is 2. The number of aromatic nitrogens is 14. The quantitative estimate of drug-likeness (QED) is 0.0254. The number of carbonyl (C=O) groups excluding carboxylic acids is 4. The van der Waals surface area contributed by atoms with Crippen LogP contribution < -0.4 is 153 Å². The maximum absolute atomic E-state index is 12.3. The number of rotatable bonds is 7. The van der Waals surface area contributed by atoms with E-state index in [4.69, 9.17) is 41.8 Å². The zero-order chi connectivity index (χ0) is 70.6. The zero-order valence-corrected chi connectivity index (χ0v) is 54.9. The number of carboxylic acids is 1. The number of halogens is 4. The third kappa shape index (κ3) is 21.6. The van der Waals surface area contributed by atoms with E-state index >= 15 is 0 Å². The maximum atomic E-state index is 12.3. The Morgan fingerprint density at radius 1 is 0.679 bits per heavy atom. The molecule has 7 aromatic heterocycles. The second-order valence-corrected chi connectivity index (χ2v) is 18.0. The summed E-state index contributed by atoms with van der Waals surface area (Å²) in [5.41, 5.74) is -6.81. The molecule has 0 spiro atoms. The van der Waals surface area contributed by atoms with Crippen LogP contribution >= 0.6 is 22.6 Å². The van der Waals surface area contributed by atoms with E-state index in [1.807, 2.05) is 0 Å². The summed E-state index contributed by atoms with van der Waals surface area (Å²) in [5.74, 6) is -1.92. The number of carboxylic acid groups (broad SMARTS) is 1. The molecule has 0 aromatic carbocycles. The van der Waals surface area contributed by atoms with E-state index in [0.29, 0.717) is 36.1 Å². The molecule has 450 valence electrons. The van der Waals surface area contributed by atoms with Crippen LogP contribution in [0.15, 0.2) is 62.3 Å². The molecule has 1 aliphatic heterocycles. The van der Waals surface area contributed by atoms with Crippen molar-refractivity contribution >= 4 is 98.8 Å². The first-order valence-electron chi connectivity index (χ1n) is 26.8. The van der Waals surface area contributed by atoms with Crippen molar-refractivity contribution in [1.29, 1.82) is 0 Å². The number of alkyl halides is 4. The van der Waals surface area contributed by atoms with Gasteiger partial charge in [-0.3, -0.25) is 80.5 Å². The Hall–Kier alpha value is -5.90. The van der Waals surface area contributed by atoms with Crippen molar-refractivity contribution in [3.8, 4) is 0 Å². The minimum atomic E-state index is -4.64. The molecule has 33 nitrogen and oxygen atoms in total. The van der Waals surface area contributed by atoms with E-state index in [2.05, 4.69) is 34.8 Å². The summed E-state index contributed by atoms with van der Waals surface area (Å²) in [5, 5.41) is 17.2. The molecule has 0 amide bonds. The fourth-order valence-corrected chi connectivity index (χ4v) is 6.32. The van der Waals surface area contributed by atoms with Gasteiger partial charge in [-0.25, -0.2) is 39.1 Å². The van der Waals surface area contributed by atoms with Crippen LogP contribution in [-0.4, -0.2) is 130 Å². The average molecular weight is 1370 g/mol. The molecule has 0 saturated heterocycles. The molecule has 0 unspecified atom stereocenters. The topological polar surface area (TPSA) is 420 Å². The van der Waals surface area contributed by atoms with E-state index in [0.717, 1.165) is 40.5 Å². The zero-order valence-electron chi connectivity index (χ0n) is 56.5. The number of nitrogens with zero attached hydrogens (tertiary/aromatic N) is 13. The predicted molar refractivity (Wildman–Crippen MR) is 290 cm³/mol. The Kier molecular flexibility index (Phi) is 25.1. The Morgan fingerprint density at radius 2 is 1.05 bits per heavy atom. The Balaban J connectivity index is 0. The summed E-state index contributed by atoms with van der Waals surface area (Å²) in [6, 6.07) is 0. The van der Waals surface area contributed by atoms with Crippen molar-refractivity contribution in [2.24, 2.45) is 47.1 Å². The summed E-state index contributed by atoms with van der Waals surface area (Å²) in [4.78, 5) is 167. The van der Waals surface area contributed by atoms with Gasteiger partial charge in [0.25, 0.3) is 28.7 Å². The van der Waals surface area contributed by atoms with Crippen LogP contribution in [0.1, 0.15) is 60.9 Å². The Labute approximate surface area is 582 Å². The first-order valence-corrected chi connectivity index (χ1v) is 23.3. The van der Waals surface area contributed by atoms with Crippen molar-refractivity contribution in [2.45, 2.75) is 85.0 Å². The summed E-state index contributed by atoms with van der Waals surface area (Å²) in [7, 11) is 5.08. The van der Waals surface area contributed by atoms with Crippen molar-refractivity contribution < 1.29 is 178 Å². The first kappa shape index (κ1) is 62.6. The molecule has 8 heterocycles. The number of aryl methyl sites for hydroxylation is 2. The number of aliphatic carboxylic acids is 1. The van der Waals surface area contributed by atoms with Gasteiger partial charge in [-0.15, -0.1) is 0 Å². The van der Waals surface area contributed by atoms with Crippen LogP contribution in [0.2, 0.25) is 0 Å². The number of imidazole rings is 3. The number of nitrogens with one attached hydrogen (secondary N) is 2. The number of aldehydes is 1. The fourth-order valence-electron chi connectivity index (χ4n) is 6.32. The third-order valence-electron chi connectivity index (χ3n) is 9.72. The van der Waals surface area contributed by atoms with Crippen molar-refractivity contribution in [3.05, 3.63) is 108 Å². The molecule has 8 rings (SSSR count). The van der Waals surface area contributed by atoms with Crippen LogP contribution in [0.4, 0.5) is 19.0 Å². The molecular weight excluding hydrogens is 1300 g/mol. The molecule has 7 aromatic rings. The normalized spacial score (nSPS) is 13.1. The summed E-state index contributed by atoms with van der Waals surface area (Å²) >= 11 is 1.38. The van der Waals surface area contributed by atoms with E-state index < -0.39 is 106 Å². The molecule has 0 atom stereocenters. The fraction of sp³-hybridized carbons (Fsp3) is 0.444. The molecule has 1 aliphatic rings. The van der Waals surface area contributed by atoms with Gasteiger partial charge in [0, 0.05) is 67.1 Å². The maximum Gasteiger partial charge on any atom is 1.00 e. The number of aromatic amines is 2. The van der Waals surface area contributed by atoms with Gasteiger partial charge >= 0.3 is 150 Å². The second-order valence-electron chi connectivity index (χ2n) is 18.0. The summed E-state index contributed by atoms with van der Waals surface area (Å²) in [6.45, 7) is 3.50. The number of hydrogen-bond acceptors (Lipinski definition) is 21. The van der Waals surface area contributed by atoms with E-state index in [1.54, 1.807) is 47.8 Å². The first-order chi connectivity index (χ1) is 41.3. The van der Waals surface area contributed by atoms with Gasteiger partial charge in [0.2, 0.25) is 6.29 Å². The number of H-pyrrole nitrogens is 2. The van der Waals surface area contributed by atoms with Gasteiger partial charge in [0.1, 0.15) is 36.7 Å². The number of aliphatic imine (C=N–C) groups is 1. The van der Waals surface area contributed by atoms with Crippen LogP contribution in [-0.2, 0) is 107 Å². The number of ether oxygens (including phenoxy) is 2. The van der Waals surface area contributed by atoms with Crippen molar-refractivity contribution in [1.82, 2.24) is 66.0 Å². The molecule has 0 radical (unpaired) electrons. The van der Waals surface area contributed by atoms with Gasteiger partial charge < -0.3 is 39.9 Å². The van der Waals surface area contributed by atoms with Crippen molar-refractivity contribution in [2.75, 3.05) is 4.86 Å². The van der Waals surface area contributed by atoms with Crippen LogP contribution in [0.5, 0.6) is 0 Å². The minimum absolute atomic E-state index is 0. The van der Waals surface area contributed by atoms with Crippen LogP contribution in [0.25, 0.3) is 33.5 Å². The van der Waals surface area contributed by atoms with Crippen LogP contribution in [0.3, 0.4) is 0 Å². The third-order valence-corrected chi connectivity index (χ3v) is 9.72. The summed E-state index contributed by atoms with van der Waals surface area (Å²) < 4.78 is 112. The largest absolute Gasteiger partial charge is 1.00 e. The minimum Gasteiger partial charge on any atom is -1.00 e. The molecule has 0 saturated carbocycles. The van der Waals surface area contributed by atoms with Crippen LogP contribution in [0, 0.1) is 0 Å². The number of fused-ring (bicyclic) bond motifs is 4. The molecule has 0 fully saturated rings. The molecule has 3 N–H and O–H groups in total. The monoisotopic (exact) mass is 1370 g/mol. The molecule has 39 heteroatoms. The molecule has 0 aliphatic carbocycles. The number of hydrogen-bond donors (Lipinski definition) is 3. The van der Waals surface area contributed by atoms with E-state index in [9.17, 15) is 65.9 Å². The molecule has 84 heavy (non-hydrogen) atoms. The van der Waals surface area contributed by atoms with Crippen molar-refractivity contribution in [3.63, 3.8) is 0 Å². The molecular formula is C45H57F3IK2N15O18. The van der Waals surface area contributed by atoms with Gasteiger partial charge in [-0.05, 0) is 46.4 Å². The average Bonchev–Trinajstić information content (AvgIpc) is 1.48. The van der Waals surface area contributed by atoms with Gasteiger partial charge in [0.05, 0.1) is 24.5 Å². The smallest absolute Gasteiger partial charge is 1.00 e. The van der Waals surface area contributed by atoms with Gasteiger partial charge in [-0.2, -0.15) is 13.2 Å². The van der Waals surface area contributed by atoms with Gasteiger partial charge in [0.15, 0.2) is 33.5 Å². The standard InChI is InChI=1S/C13H18N4O4.C12H16N4O4.C9H10N4O4.C7H7N3O2.C2HF3O.CH3I.CH2O3.2K.H/c1-13(2,3)21-8(18)6-17-7-14-10-9(17)11(19)16(5)12(20)15(10)4;1-12(2,3)20-7(17)5-16-6-13-9-8(16)10(18)15(4)11(19)14-9;1-11-7-6(8(16)12(2)9(11)17)13(4-10-7)3-5(14)15;1-10-6(11)4-2-3-8-5(4)9-7(10)12;3-2(4,5)1-6;1-2;2-1-4-3;;;/h7H,6H2,1-5H3;6H,5H2,1-4H3,(H,14,19);4H,3H2,1-2H3,(H,14,15);3H,2H2,1H3,(H,9,12);1H;1H3;1,3H;;;/q;;;;;;;2*+1;-1/p-1/i4D3;;1D3;;;1D3;;;;. The SMILES string of the molecule is Cn1c(=O)[nH]c2c(c1=O)CC=N2.Cn1c(=O)[nH]c2ncn(CC(=O)OC(C)(C)C)c2c1=O.O=CC(F)(F)F.O=CO[O-].[2H]C([2H])([2H])I.[2H]C([2H])([2H])n1c(=O)n(C)c(=O)c2c1ncn2CC(=O)O.[2H]C([2H])([2H])n1c(=O)n(C)c(=O)c2c1ncn2CC(=O)OC(C)(C)C.[H-].[K+].[K+]. The Morgan fingerprint density at radius 3 is 1.43 bits per heavy atom. The predicted octanol–water partition coefficient (Wildman–Crippen LogP) is -8.26. The van der Waals surface area contributed by atoms with Gasteiger partial charge in [-0.1, -0.05) is 22.6 Å². The summed E-state index contributed by atoms with van der Waals surface area (Å²) in [6.07, 6.45) is -0.0980. The van der Waals surface area contributed by atoms with E-state index in [-0.39, 0.29) is 163 Å². The second kappa shape index (κ2) is 33.7.